The van der Waals surface area contributed by atoms with Gasteiger partial charge in [0.25, 0.3) is 0 Å². The number of allylic oxidation sites excluding steroid dienone is 4. The van der Waals surface area contributed by atoms with Gasteiger partial charge in [-0.25, -0.2) is 0 Å². The van der Waals surface area contributed by atoms with Crippen molar-refractivity contribution in [2.24, 2.45) is 0 Å². The van der Waals surface area contributed by atoms with Gasteiger partial charge in [0.05, 0.1) is 11.4 Å². The maximum absolute atomic E-state index is 4.70. The van der Waals surface area contributed by atoms with Crippen LogP contribution in [-0.2, 0) is 18.3 Å². The fourth-order valence-electron chi connectivity index (χ4n) is 8.69. The number of aryl methyl sites for hydroxylation is 2. The third kappa shape index (κ3) is 6.23. The van der Waals surface area contributed by atoms with Crippen molar-refractivity contribution in [1.82, 2.24) is 0 Å². The van der Waals surface area contributed by atoms with E-state index in [0.29, 0.717) is 0 Å². The zero-order chi connectivity index (χ0) is 38.6. The average molecular weight is 742 g/mol. The summed E-state index contributed by atoms with van der Waals surface area (Å²) in [6.07, 6.45) is 6.56. The van der Waals surface area contributed by atoms with Crippen LogP contribution in [0.2, 0.25) is 0 Å². The predicted octanol–water partition coefficient (Wildman–Crippen LogP) is 13.6. The number of nitrogens with zero attached hydrogens (tertiary/aromatic N) is 1. The van der Waals surface area contributed by atoms with Gasteiger partial charge in [-0.3, -0.25) is 0 Å². The Bertz CT molecular complexity index is 2710. The Kier molecular flexibility index (Phi) is 9.18. The zero-order valence-corrected chi connectivity index (χ0v) is 33.7. The van der Waals surface area contributed by atoms with Crippen LogP contribution < -0.4 is 15.0 Å². The molecule has 0 fully saturated rings. The molecule has 0 bridgehead atoms. The summed E-state index contributed by atoms with van der Waals surface area (Å²) >= 11 is 1.84. The van der Waals surface area contributed by atoms with Crippen LogP contribution >= 0.6 is 11.3 Å². The summed E-state index contributed by atoms with van der Waals surface area (Å²) in [5.41, 5.74) is 19.6. The van der Waals surface area contributed by atoms with Crippen LogP contribution in [0.5, 0.6) is 0 Å². The standard InChI is InChI=1S/C52H46BN2S/c1-7-36-23-25-38(26-24-36)54-45-29-28-44-49(39-17-11-13-19-43(39)52(44,5)6)40(45)27-21-34(3)32-47-35(4)53-51-50(41-18-12-14-20-48(41)56-51)55(47)46-30-22-33(2)31-42(46)37-15-9-8-10-16-37/h8-26,28-32,54H,4,7,27H2,1-3,5-6H3/b34-21-,47-32+. The van der Waals surface area contributed by atoms with Crippen LogP contribution in [0.15, 0.2) is 169 Å². The van der Waals surface area contributed by atoms with Crippen LogP contribution in [0, 0.1) is 6.92 Å². The van der Waals surface area contributed by atoms with E-state index < -0.39 is 0 Å². The number of thiophene rings is 1. The Morgan fingerprint density at radius 3 is 2.38 bits per heavy atom. The number of hydrogen-bond acceptors (Lipinski definition) is 3. The molecule has 1 aliphatic heterocycles. The average Bonchev–Trinajstić information content (AvgIpc) is 3.69. The molecule has 0 saturated carbocycles. The third-order valence-corrected chi connectivity index (χ3v) is 12.8. The summed E-state index contributed by atoms with van der Waals surface area (Å²) in [5, 5.41) is 5.09. The van der Waals surface area contributed by atoms with Crippen LogP contribution in [0.4, 0.5) is 22.7 Å². The number of rotatable bonds is 8. The second-order valence-electron chi connectivity index (χ2n) is 15.7. The summed E-state index contributed by atoms with van der Waals surface area (Å²) in [7, 11) is 2.28. The van der Waals surface area contributed by atoms with Crippen LogP contribution in [0.25, 0.3) is 32.3 Å². The minimum atomic E-state index is -0.0790. The molecule has 56 heavy (non-hydrogen) atoms. The molecule has 9 rings (SSSR count). The lowest BCUT2D eigenvalue weighted by Crippen LogP contribution is -2.33. The Morgan fingerprint density at radius 1 is 0.821 bits per heavy atom. The van der Waals surface area contributed by atoms with Gasteiger partial charge in [-0.2, -0.15) is 0 Å². The Balaban J connectivity index is 1.18. The molecule has 0 spiro atoms. The predicted molar refractivity (Wildman–Crippen MR) is 244 cm³/mol. The summed E-state index contributed by atoms with van der Waals surface area (Å²) < 4.78 is 2.51. The molecular formula is C52H46BN2S. The van der Waals surface area contributed by atoms with Crippen molar-refractivity contribution < 1.29 is 0 Å². The lowest BCUT2D eigenvalue weighted by Gasteiger charge is -2.35. The van der Waals surface area contributed by atoms with Crippen LogP contribution in [-0.4, -0.2) is 7.28 Å². The first-order valence-electron chi connectivity index (χ1n) is 19.7. The van der Waals surface area contributed by atoms with E-state index >= 15 is 0 Å². The van der Waals surface area contributed by atoms with E-state index in [2.05, 4.69) is 198 Å². The van der Waals surface area contributed by atoms with E-state index in [1.54, 1.807) is 0 Å². The minimum Gasteiger partial charge on any atom is -0.355 e. The van der Waals surface area contributed by atoms with Gasteiger partial charge >= 0.3 is 0 Å². The summed E-state index contributed by atoms with van der Waals surface area (Å²) in [6.45, 7) is 16.0. The SMILES string of the molecule is C=C1[B]c2sc3ccccc3c2N(c2ccc(C)cc2-c2ccccc2)/C1=C/C(C)=C\Cc1c(Nc2ccc(CC)cc2)ccc2c1-c1ccccc1C2(C)C. The molecule has 273 valence electrons. The van der Waals surface area contributed by atoms with E-state index in [9.17, 15) is 0 Å². The van der Waals surface area contributed by atoms with Gasteiger partial charge in [-0.1, -0.05) is 141 Å². The quantitative estimate of drug-likeness (QED) is 0.156. The molecule has 7 aromatic rings. The van der Waals surface area contributed by atoms with Gasteiger partial charge in [0.15, 0.2) is 0 Å². The van der Waals surface area contributed by atoms with Gasteiger partial charge < -0.3 is 10.2 Å². The lowest BCUT2D eigenvalue weighted by molar-refractivity contribution is 0.660. The molecule has 0 unspecified atom stereocenters. The van der Waals surface area contributed by atoms with Gasteiger partial charge in [0.2, 0.25) is 7.28 Å². The highest BCUT2D eigenvalue weighted by atomic mass is 32.1. The minimum absolute atomic E-state index is 0.0790. The second-order valence-corrected chi connectivity index (χ2v) is 16.8. The summed E-state index contributed by atoms with van der Waals surface area (Å²) in [6, 6.07) is 48.9. The van der Waals surface area contributed by atoms with Crippen molar-refractivity contribution in [1.29, 1.82) is 0 Å². The van der Waals surface area contributed by atoms with Crippen molar-refractivity contribution in [3.63, 3.8) is 0 Å². The first kappa shape index (κ1) is 35.8. The fourth-order valence-corrected chi connectivity index (χ4v) is 9.85. The number of anilines is 4. The normalized spacial score (nSPS) is 15.1. The highest BCUT2D eigenvalue weighted by Gasteiger charge is 2.37. The van der Waals surface area contributed by atoms with E-state index in [0.717, 1.165) is 41.1 Å². The molecule has 1 aliphatic carbocycles. The van der Waals surface area contributed by atoms with Crippen molar-refractivity contribution in [2.45, 2.75) is 52.9 Å². The van der Waals surface area contributed by atoms with Crippen LogP contribution in [0.1, 0.15) is 55.5 Å². The number of hydrogen-bond donors (Lipinski definition) is 1. The molecule has 2 nitrogen and oxygen atoms in total. The second kappa shape index (κ2) is 14.3. The highest BCUT2D eigenvalue weighted by Crippen LogP contribution is 2.52. The zero-order valence-electron chi connectivity index (χ0n) is 32.9. The third-order valence-electron chi connectivity index (χ3n) is 11.7. The first-order chi connectivity index (χ1) is 27.2. The number of benzene rings is 6. The molecule has 0 atom stereocenters. The highest BCUT2D eigenvalue weighted by molar-refractivity contribution is 7.29. The van der Waals surface area contributed by atoms with Crippen LogP contribution in [0.3, 0.4) is 0 Å². The van der Waals surface area contributed by atoms with Gasteiger partial charge in [0.1, 0.15) is 0 Å². The summed E-state index contributed by atoms with van der Waals surface area (Å²) in [5.74, 6) is 0. The Morgan fingerprint density at radius 2 is 1.57 bits per heavy atom. The monoisotopic (exact) mass is 741 g/mol. The molecule has 1 radical (unpaired) electrons. The molecule has 4 heteroatoms. The van der Waals surface area contributed by atoms with Gasteiger partial charge in [-0.15, -0.1) is 17.9 Å². The molecule has 0 saturated heterocycles. The summed E-state index contributed by atoms with van der Waals surface area (Å²) in [4.78, 5) is 2.47. The van der Waals surface area contributed by atoms with E-state index in [1.165, 1.54) is 76.2 Å². The molecular weight excluding hydrogens is 695 g/mol. The molecule has 0 amide bonds. The molecule has 1 aromatic heterocycles. The molecule has 6 aromatic carbocycles. The van der Waals surface area contributed by atoms with E-state index in [1.807, 2.05) is 11.3 Å². The molecule has 2 aliphatic rings. The topological polar surface area (TPSA) is 15.3 Å². The van der Waals surface area contributed by atoms with E-state index in [-0.39, 0.29) is 5.41 Å². The lowest BCUT2D eigenvalue weighted by atomic mass is 9.63. The maximum atomic E-state index is 4.70. The van der Waals surface area contributed by atoms with Crippen molar-refractivity contribution >= 4 is 56.2 Å². The Hall–Kier alpha value is -5.84. The molecule has 1 N–H and O–H groups in total. The fraction of sp³-hybridized carbons (Fsp3) is 0.154. The van der Waals surface area contributed by atoms with Gasteiger partial charge in [-0.05, 0) is 113 Å². The number of nitrogens with one attached hydrogen (secondary N) is 1. The van der Waals surface area contributed by atoms with E-state index in [4.69, 9.17) is 6.58 Å². The Labute approximate surface area is 336 Å². The first-order valence-corrected chi connectivity index (χ1v) is 20.6. The molecule has 2 heterocycles. The van der Waals surface area contributed by atoms with Crippen molar-refractivity contribution in [3.8, 4) is 22.3 Å². The maximum Gasteiger partial charge on any atom is 0.210 e. The van der Waals surface area contributed by atoms with Crippen molar-refractivity contribution in [2.75, 3.05) is 10.2 Å². The largest absolute Gasteiger partial charge is 0.355 e. The van der Waals surface area contributed by atoms with Crippen molar-refractivity contribution in [3.05, 3.63) is 197 Å². The smallest absolute Gasteiger partial charge is 0.210 e. The number of fused-ring (bicyclic) bond motifs is 6. The van der Waals surface area contributed by atoms with Gasteiger partial charge in [0, 0.05) is 38.1 Å².